The van der Waals surface area contributed by atoms with Crippen molar-refractivity contribution in [2.45, 2.75) is 20.4 Å². The maximum Gasteiger partial charge on any atom is 0.343 e. The molecular weight excluding hydrogens is 434 g/mol. The Morgan fingerprint density at radius 2 is 1.66 bits per heavy atom. The normalized spacial score (nSPS) is 10.5. The Kier molecular flexibility index (Phi) is 7.37. The Morgan fingerprint density at radius 1 is 1.03 bits per heavy atom. The lowest BCUT2D eigenvalue weighted by Crippen LogP contribution is -2.21. The zero-order valence-corrected chi connectivity index (χ0v) is 19.0. The van der Waals surface area contributed by atoms with Gasteiger partial charge in [0.15, 0.2) is 6.61 Å². The van der Waals surface area contributed by atoms with Crippen LogP contribution in [0, 0.1) is 13.8 Å². The third kappa shape index (κ3) is 5.59. The lowest BCUT2D eigenvalue weighted by atomic mass is 10.1. The molecule has 1 aromatic heterocycles. The molecule has 2 aromatic carbocycles. The summed E-state index contributed by atoms with van der Waals surface area (Å²) in [6.45, 7) is 3.59. The van der Waals surface area contributed by atoms with Crippen molar-refractivity contribution in [1.82, 2.24) is 9.78 Å². The van der Waals surface area contributed by atoms with Crippen molar-refractivity contribution in [2.75, 3.05) is 26.1 Å². The maximum absolute atomic E-state index is 12.6. The highest BCUT2D eigenvalue weighted by Crippen LogP contribution is 2.26. The molecule has 1 heterocycles. The molecule has 9 heteroatoms. The molecular formula is C23H24ClN3O5. The van der Waals surface area contributed by atoms with E-state index in [1.807, 2.05) is 31.2 Å². The largest absolute Gasteiger partial charge is 0.497 e. The quantitative estimate of drug-likeness (QED) is 0.514. The maximum atomic E-state index is 12.6. The number of anilines is 1. The third-order valence-corrected chi connectivity index (χ3v) is 5.08. The van der Waals surface area contributed by atoms with Gasteiger partial charge in [0.1, 0.15) is 22.2 Å². The molecule has 0 atom stereocenters. The monoisotopic (exact) mass is 457 g/mol. The number of benzene rings is 2. The fourth-order valence-corrected chi connectivity index (χ4v) is 3.35. The van der Waals surface area contributed by atoms with Gasteiger partial charge in [-0.25, -0.2) is 9.48 Å². The summed E-state index contributed by atoms with van der Waals surface area (Å²) in [4.78, 5) is 24.8. The van der Waals surface area contributed by atoms with Crippen LogP contribution < -0.4 is 14.8 Å². The second-order valence-corrected chi connectivity index (χ2v) is 7.48. The highest BCUT2D eigenvalue weighted by molar-refractivity contribution is 6.32. The molecule has 1 amide bonds. The van der Waals surface area contributed by atoms with Gasteiger partial charge in [-0.05, 0) is 19.4 Å². The van der Waals surface area contributed by atoms with Crippen molar-refractivity contribution in [2.24, 2.45) is 0 Å². The van der Waals surface area contributed by atoms with Crippen molar-refractivity contribution in [3.63, 3.8) is 0 Å². The first kappa shape index (κ1) is 23.1. The Hall–Kier alpha value is -3.52. The van der Waals surface area contributed by atoms with Crippen LogP contribution in [0.3, 0.4) is 0 Å². The van der Waals surface area contributed by atoms with E-state index in [4.69, 9.17) is 25.8 Å². The Balaban J connectivity index is 1.64. The molecule has 0 aliphatic heterocycles. The van der Waals surface area contributed by atoms with Crippen LogP contribution in [-0.2, 0) is 16.1 Å². The molecule has 0 fully saturated rings. The van der Waals surface area contributed by atoms with E-state index in [1.54, 1.807) is 25.1 Å². The number of rotatable bonds is 8. The summed E-state index contributed by atoms with van der Waals surface area (Å²) in [5.41, 5.74) is 3.14. The Labute approximate surface area is 191 Å². The number of hydrogen-bond acceptors (Lipinski definition) is 6. The predicted octanol–water partition coefficient (Wildman–Crippen LogP) is 4.01. The third-order valence-electron chi connectivity index (χ3n) is 4.69. The minimum atomic E-state index is -0.721. The molecule has 32 heavy (non-hydrogen) atoms. The van der Waals surface area contributed by atoms with E-state index in [0.717, 1.165) is 11.1 Å². The van der Waals surface area contributed by atoms with Crippen LogP contribution in [0.15, 0.2) is 42.5 Å². The zero-order chi connectivity index (χ0) is 23.3. The van der Waals surface area contributed by atoms with Crippen LogP contribution in [0.2, 0.25) is 5.15 Å². The van der Waals surface area contributed by atoms with E-state index in [2.05, 4.69) is 10.4 Å². The topological polar surface area (TPSA) is 91.7 Å². The van der Waals surface area contributed by atoms with Crippen molar-refractivity contribution >= 4 is 29.2 Å². The second kappa shape index (κ2) is 10.2. The highest BCUT2D eigenvalue weighted by atomic mass is 35.5. The fourth-order valence-electron chi connectivity index (χ4n) is 3.04. The number of hydrogen-bond donors (Lipinski definition) is 1. The number of ether oxygens (including phenoxy) is 3. The minimum absolute atomic E-state index is 0.134. The lowest BCUT2D eigenvalue weighted by molar-refractivity contribution is -0.119. The molecule has 0 unspecified atom stereocenters. The summed E-state index contributed by atoms with van der Waals surface area (Å²) in [5, 5.41) is 7.14. The van der Waals surface area contributed by atoms with Crippen molar-refractivity contribution in [3.8, 4) is 11.5 Å². The summed E-state index contributed by atoms with van der Waals surface area (Å²) in [6, 6.07) is 12.8. The number of halogens is 1. The molecule has 0 bridgehead atoms. The average Bonchev–Trinajstić information content (AvgIpc) is 3.06. The summed E-state index contributed by atoms with van der Waals surface area (Å²) < 4.78 is 17.0. The number of aromatic nitrogens is 2. The number of nitrogens with one attached hydrogen (secondary N) is 1. The van der Waals surface area contributed by atoms with Gasteiger partial charge in [0, 0.05) is 23.9 Å². The molecule has 0 spiro atoms. The number of methoxy groups -OCH3 is 2. The van der Waals surface area contributed by atoms with Crippen LogP contribution in [0.4, 0.5) is 5.69 Å². The van der Waals surface area contributed by atoms with E-state index in [0.29, 0.717) is 29.4 Å². The van der Waals surface area contributed by atoms with E-state index >= 15 is 0 Å². The standard InChI is InChI=1S/C23H24ClN3O5/c1-14-5-7-16(8-6-14)12-27-22(24)21(15(2)26-27)23(29)32-13-20(28)25-17-9-18(30-3)11-19(10-17)31-4/h5-11H,12-13H2,1-4H3,(H,25,28). The predicted molar refractivity (Wildman–Crippen MR) is 121 cm³/mol. The van der Waals surface area contributed by atoms with Crippen molar-refractivity contribution in [3.05, 3.63) is 70.0 Å². The van der Waals surface area contributed by atoms with Crippen LogP contribution in [-0.4, -0.2) is 42.5 Å². The molecule has 3 rings (SSSR count). The van der Waals surface area contributed by atoms with Gasteiger partial charge in [0.2, 0.25) is 0 Å². The van der Waals surface area contributed by atoms with Crippen LogP contribution in [0.5, 0.6) is 11.5 Å². The summed E-state index contributed by atoms with van der Waals surface area (Å²) in [5.74, 6) is -0.212. The van der Waals surface area contributed by atoms with Gasteiger partial charge in [-0.15, -0.1) is 0 Å². The first-order valence-electron chi connectivity index (χ1n) is 9.79. The fraction of sp³-hybridized carbons (Fsp3) is 0.261. The van der Waals surface area contributed by atoms with E-state index < -0.39 is 18.5 Å². The molecule has 0 aliphatic carbocycles. The first-order chi connectivity index (χ1) is 15.3. The van der Waals surface area contributed by atoms with Gasteiger partial charge in [-0.3, -0.25) is 4.79 Å². The number of aryl methyl sites for hydroxylation is 2. The number of esters is 1. The van der Waals surface area contributed by atoms with E-state index in [-0.39, 0.29) is 10.7 Å². The Bertz CT molecular complexity index is 1100. The van der Waals surface area contributed by atoms with Gasteiger partial charge in [0.25, 0.3) is 5.91 Å². The number of carbonyl (C=O) groups is 2. The van der Waals surface area contributed by atoms with Gasteiger partial charge < -0.3 is 19.5 Å². The summed E-state index contributed by atoms with van der Waals surface area (Å²) >= 11 is 6.39. The summed E-state index contributed by atoms with van der Waals surface area (Å²) in [7, 11) is 3.01. The molecule has 3 aromatic rings. The van der Waals surface area contributed by atoms with Crippen molar-refractivity contribution in [1.29, 1.82) is 0 Å². The minimum Gasteiger partial charge on any atom is -0.497 e. The van der Waals surface area contributed by atoms with Gasteiger partial charge >= 0.3 is 5.97 Å². The van der Waals surface area contributed by atoms with Gasteiger partial charge in [-0.1, -0.05) is 41.4 Å². The first-order valence-corrected chi connectivity index (χ1v) is 10.2. The van der Waals surface area contributed by atoms with E-state index in [1.165, 1.54) is 18.9 Å². The number of nitrogens with zero attached hydrogens (tertiary/aromatic N) is 2. The molecule has 0 saturated carbocycles. The van der Waals surface area contributed by atoms with Crippen LogP contribution in [0.25, 0.3) is 0 Å². The Morgan fingerprint density at radius 3 is 2.25 bits per heavy atom. The summed E-state index contributed by atoms with van der Waals surface area (Å²) in [6.07, 6.45) is 0. The average molecular weight is 458 g/mol. The number of carbonyl (C=O) groups excluding carboxylic acids is 2. The molecule has 8 nitrogen and oxygen atoms in total. The van der Waals surface area contributed by atoms with E-state index in [9.17, 15) is 9.59 Å². The molecule has 0 saturated heterocycles. The highest BCUT2D eigenvalue weighted by Gasteiger charge is 2.22. The lowest BCUT2D eigenvalue weighted by Gasteiger charge is -2.10. The molecule has 1 N–H and O–H groups in total. The van der Waals surface area contributed by atoms with Crippen LogP contribution >= 0.6 is 11.6 Å². The SMILES string of the molecule is COc1cc(NC(=O)COC(=O)c2c(C)nn(Cc3ccc(C)cc3)c2Cl)cc(OC)c1. The second-order valence-electron chi connectivity index (χ2n) is 7.12. The molecule has 0 radical (unpaired) electrons. The van der Waals surface area contributed by atoms with Crippen molar-refractivity contribution < 1.29 is 23.8 Å². The molecule has 0 aliphatic rings. The smallest absolute Gasteiger partial charge is 0.343 e. The van der Waals surface area contributed by atoms with Gasteiger partial charge in [0.05, 0.1) is 26.5 Å². The number of amides is 1. The molecule has 168 valence electrons. The zero-order valence-electron chi connectivity index (χ0n) is 18.3. The van der Waals surface area contributed by atoms with Crippen LogP contribution in [0.1, 0.15) is 27.2 Å². The van der Waals surface area contributed by atoms with Gasteiger partial charge in [-0.2, -0.15) is 5.10 Å².